The van der Waals surface area contributed by atoms with Gasteiger partial charge in [-0.05, 0) is 32.6 Å². The molecule has 0 aromatic heterocycles. The van der Waals surface area contributed by atoms with Gasteiger partial charge in [-0.2, -0.15) is 0 Å². The van der Waals surface area contributed by atoms with Gasteiger partial charge in [0, 0.05) is 12.6 Å². The Hall–Kier alpha value is -1.59. The van der Waals surface area contributed by atoms with E-state index in [2.05, 4.69) is 5.32 Å². The third-order valence-electron chi connectivity index (χ3n) is 4.36. The molecule has 1 atom stereocenters. The molecular weight excluding hydrogens is 246 g/mol. The summed E-state index contributed by atoms with van der Waals surface area (Å²) in [5.41, 5.74) is -1.00. The third-order valence-corrected chi connectivity index (χ3v) is 4.36. The molecule has 0 bridgehead atoms. The monoisotopic (exact) mass is 265 g/mol. The molecule has 3 aliphatic rings. The summed E-state index contributed by atoms with van der Waals surface area (Å²) >= 11 is 0. The molecule has 104 valence electrons. The average molecular weight is 265 g/mol. The van der Waals surface area contributed by atoms with Gasteiger partial charge in [-0.1, -0.05) is 0 Å². The molecule has 3 rings (SSSR count). The second kappa shape index (κ2) is 4.21. The zero-order valence-corrected chi connectivity index (χ0v) is 11.1. The van der Waals surface area contributed by atoms with Crippen molar-refractivity contribution < 1.29 is 14.4 Å². The summed E-state index contributed by atoms with van der Waals surface area (Å²) < 4.78 is 0. The lowest BCUT2D eigenvalue weighted by molar-refractivity contribution is -0.151. The summed E-state index contributed by atoms with van der Waals surface area (Å²) in [6, 6.07) is 0.318. The van der Waals surface area contributed by atoms with Gasteiger partial charge in [-0.3, -0.25) is 14.4 Å². The molecule has 1 aliphatic carbocycles. The van der Waals surface area contributed by atoms with Gasteiger partial charge < -0.3 is 15.1 Å². The number of nitrogens with one attached hydrogen (secondary N) is 1. The van der Waals surface area contributed by atoms with Crippen LogP contribution in [0, 0.1) is 5.41 Å². The van der Waals surface area contributed by atoms with Crippen LogP contribution in [0.4, 0.5) is 0 Å². The fourth-order valence-electron chi connectivity index (χ4n) is 2.91. The fraction of sp³-hybridized carbons (Fsp3) is 0.769. The van der Waals surface area contributed by atoms with Crippen LogP contribution >= 0.6 is 0 Å². The summed E-state index contributed by atoms with van der Waals surface area (Å²) in [6.07, 6.45) is 3.44. The number of carbonyl (C=O) groups excluding carboxylic acids is 3. The number of nitrogens with zero attached hydrogens (tertiary/aromatic N) is 2. The lowest BCUT2D eigenvalue weighted by Gasteiger charge is -2.34. The van der Waals surface area contributed by atoms with Crippen LogP contribution in [0.15, 0.2) is 0 Å². The van der Waals surface area contributed by atoms with Gasteiger partial charge in [-0.25, -0.2) is 0 Å². The predicted octanol–water partition coefficient (Wildman–Crippen LogP) is -0.307. The maximum Gasteiger partial charge on any atom is 0.243 e. The largest absolute Gasteiger partial charge is 0.355 e. The van der Waals surface area contributed by atoms with Crippen molar-refractivity contribution in [3.8, 4) is 0 Å². The molecule has 0 spiro atoms. The summed E-state index contributed by atoms with van der Waals surface area (Å²) in [5, 5.41) is 2.75. The Morgan fingerprint density at radius 2 is 2.11 bits per heavy atom. The molecule has 1 N–H and O–H groups in total. The number of carbonyl (C=O) groups is 3. The summed E-state index contributed by atoms with van der Waals surface area (Å²) in [7, 11) is 0. The first-order valence-corrected chi connectivity index (χ1v) is 6.89. The van der Waals surface area contributed by atoms with Crippen LogP contribution in [0.3, 0.4) is 0 Å². The highest BCUT2D eigenvalue weighted by Gasteiger charge is 2.48. The maximum atomic E-state index is 12.6. The van der Waals surface area contributed by atoms with Gasteiger partial charge in [0.05, 0.1) is 6.67 Å². The van der Waals surface area contributed by atoms with Crippen molar-refractivity contribution in [1.29, 1.82) is 0 Å². The first-order chi connectivity index (χ1) is 9.02. The Labute approximate surface area is 112 Å². The number of rotatable bonds is 2. The quantitative estimate of drug-likeness (QED) is 0.697. The molecule has 6 nitrogen and oxygen atoms in total. The Balaban J connectivity index is 1.73. The maximum absolute atomic E-state index is 12.6. The fourth-order valence-corrected chi connectivity index (χ4v) is 2.91. The van der Waals surface area contributed by atoms with Crippen molar-refractivity contribution in [3.05, 3.63) is 0 Å². The van der Waals surface area contributed by atoms with E-state index in [0.717, 1.165) is 19.3 Å². The van der Waals surface area contributed by atoms with E-state index in [9.17, 15) is 14.4 Å². The molecule has 6 heteroatoms. The van der Waals surface area contributed by atoms with Crippen LogP contribution < -0.4 is 5.32 Å². The van der Waals surface area contributed by atoms with Crippen molar-refractivity contribution in [3.63, 3.8) is 0 Å². The molecule has 3 fully saturated rings. The van der Waals surface area contributed by atoms with Gasteiger partial charge in [0.1, 0.15) is 12.0 Å². The minimum absolute atomic E-state index is 0.00988. The van der Waals surface area contributed by atoms with Gasteiger partial charge in [0.25, 0.3) is 0 Å². The van der Waals surface area contributed by atoms with E-state index in [0.29, 0.717) is 25.7 Å². The van der Waals surface area contributed by atoms with Crippen LogP contribution in [-0.4, -0.2) is 53.3 Å². The standard InChI is InChI=1S/C13H19N3O3/c1-13(5-2-6-14-11(13)18)12(19)15-7-10(17)16(8-15)9-3-4-9/h9H,2-8H2,1H3,(H,14,18). The van der Waals surface area contributed by atoms with Gasteiger partial charge in [-0.15, -0.1) is 0 Å². The second-order valence-electron chi connectivity index (χ2n) is 5.93. The summed E-state index contributed by atoms with van der Waals surface area (Å²) in [5.74, 6) is -0.405. The third kappa shape index (κ3) is 1.99. The lowest BCUT2D eigenvalue weighted by Crippen LogP contribution is -2.53. The van der Waals surface area contributed by atoms with Gasteiger partial charge >= 0.3 is 0 Å². The molecule has 0 aromatic rings. The minimum atomic E-state index is -1.00. The summed E-state index contributed by atoms with van der Waals surface area (Å²) in [4.78, 5) is 39.7. The van der Waals surface area contributed by atoms with Crippen molar-refractivity contribution in [2.75, 3.05) is 19.8 Å². The summed E-state index contributed by atoms with van der Waals surface area (Å²) in [6.45, 7) is 2.80. The smallest absolute Gasteiger partial charge is 0.243 e. The molecule has 2 heterocycles. The number of hydrogen-bond acceptors (Lipinski definition) is 3. The molecule has 3 amide bonds. The van der Waals surface area contributed by atoms with Crippen molar-refractivity contribution in [1.82, 2.24) is 15.1 Å². The van der Waals surface area contributed by atoms with E-state index in [1.165, 1.54) is 4.90 Å². The number of hydrogen-bond donors (Lipinski definition) is 1. The first-order valence-electron chi connectivity index (χ1n) is 6.89. The van der Waals surface area contributed by atoms with Crippen LogP contribution in [-0.2, 0) is 14.4 Å². The molecule has 19 heavy (non-hydrogen) atoms. The zero-order chi connectivity index (χ0) is 13.6. The van der Waals surface area contributed by atoms with E-state index in [4.69, 9.17) is 0 Å². The van der Waals surface area contributed by atoms with Crippen molar-refractivity contribution >= 4 is 17.7 Å². The molecular formula is C13H19N3O3. The molecule has 0 aromatic carbocycles. The first kappa shape index (κ1) is 12.4. The molecule has 2 aliphatic heterocycles. The zero-order valence-electron chi connectivity index (χ0n) is 11.1. The van der Waals surface area contributed by atoms with E-state index in [1.54, 1.807) is 11.8 Å². The molecule has 0 radical (unpaired) electrons. The molecule has 2 saturated heterocycles. The topological polar surface area (TPSA) is 69.7 Å². The van der Waals surface area contributed by atoms with Crippen molar-refractivity contribution in [2.45, 2.75) is 38.6 Å². The van der Waals surface area contributed by atoms with E-state index in [1.807, 2.05) is 0 Å². The second-order valence-corrected chi connectivity index (χ2v) is 5.93. The highest BCUT2D eigenvalue weighted by molar-refractivity contribution is 6.06. The Bertz CT molecular complexity index is 446. The predicted molar refractivity (Wildman–Crippen MR) is 66.8 cm³/mol. The Morgan fingerprint density at radius 1 is 1.37 bits per heavy atom. The van der Waals surface area contributed by atoms with Gasteiger partial charge in [0.15, 0.2) is 0 Å². The molecule has 1 saturated carbocycles. The van der Waals surface area contributed by atoms with Gasteiger partial charge in [0.2, 0.25) is 17.7 Å². The van der Waals surface area contributed by atoms with Crippen molar-refractivity contribution in [2.24, 2.45) is 5.41 Å². The average Bonchev–Trinajstić information content (AvgIpc) is 3.15. The Kier molecular flexibility index (Phi) is 2.76. The van der Waals surface area contributed by atoms with E-state index in [-0.39, 0.29) is 24.3 Å². The van der Waals surface area contributed by atoms with Crippen LogP contribution in [0.25, 0.3) is 0 Å². The minimum Gasteiger partial charge on any atom is -0.355 e. The van der Waals surface area contributed by atoms with Crippen LogP contribution in [0.1, 0.15) is 32.6 Å². The highest BCUT2D eigenvalue weighted by atomic mass is 16.2. The van der Waals surface area contributed by atoms with E-state index < -0.39 is 5.41 Å². The number of piperidine rings is 1. The number of amides is 3. The normalized spacial score (nSPS) is 31.6. The lowest BCUT2D eigenvalue weighted by atomic mass is 9.80. The van der Waals surface area contributed by atoms with E-state index >= 15 is 0 Å². The SMILES string of the molecule is CC1(C(=O)N2CC(=O)N(C3CC3)C2)CCCNC1=O. The van der Waals surface area contributed by atoms with Crippen LogP contribution in [0.2, 0.25) is 0 Å². The highest BCUT2D eigenvalue weighted by Crippen LogP contribution is 2.33. The molecule has 1 unspecified atom stereocenters. The van der Waals surface area contributed by atoms with Crippen LogP contribution in [0.5, 0.6) is 0 Å². The Morgan fingerprint density at radius 3 is 2.74 bits per heavy atom.